The van der Waals surface area contributed by atoms with Crippen LogP contribution in [0.3, 0.4) is 0 Å². The lowest BCUT2D eigenvalue weighted by atomic mass is 9.98. The molecule has 0 saturated heterocycles. The molecule has 172 valence electrons. The van der Waals surface area contributed by atoms with Gasteiger partial charge in [0, 0.05) is 24.1 Å². The minimum absolute atomic E-state index is 0.0331. The standard InChI is InChI=1S/C24H27ClFNO5/c1-6-7-15(22(26)14(4)25)8-16-9-17-19(10-21(16)32-5)27(20(12-28)13(2)3)11-18(23(17)29)24(30)31/h6-7,9-11,13,20,28H,4,8,12H2,1-3,5H3,(H,30,31). The zero-order valence-electron chi connectivity index (χ0n) is 18.5. The van der Waals surface area contributed by atoms with E-state index in [4.69, 9.17) is 16.3 Å². The van der Waals surface area contributed by atoms with E-state index in [1.54, 1.807) is 29.7 Å². The molecular formula is C24H27ClFNO5. The van der Waals surface area contributed by atoms with Crippen LogP contribution in [-0.2, 0) is 6.42 Å². The normalized spacial score (nSPS) is 13.5. The molecule has 0 bridgehead atoms. The third-order valence-corrected chi connectivity index (χ3v) is 5.41. The Hall–Kier alpha value is -2.90. The predicted molar refractivity (Wildman–Crippen MR) is 124 cm³/mol. The molecule has 1 atom stereocenters. The lowest BCUT2D eigenvalue weighted by Gasteiger charge is -2.25. The van der Waals surface area contributed by atoms with Crippen molar-refractivity contribution in [3.8, 4) is 5.75 Å². The summed E-state index contributed by atoms with van der Waals surface area (Å²) in [6.45, 7) is 8.65. The zero-order valence-corrected chi connectivity index (χ0v) is 19.2. The number of carbonyl (C=O) groups is 1. The first-order valence-electron chi connectivity index (χ1n) is 10.0. The molecule has 1 heterocycles. The molecule has 32 heavy (non-hydrogen) atoms. The van der Waals surface area contributed by atoms with E-state index in [1.165, 1.54) is 19.4 Å². The van der Waals surface area contributed by atoms with Crippen LogP contribution in [0.5, 0.6) is 5.75 Å². The number of rotatable bonds is 9. The van der Waals surface area contributed by atoms with Crippen molar-refractivity contribution in [1.82, 2.24) is 4.57 Å². The summed E-state index contributed by atoms with van der Waals surface area (Å²) in [4.78, 5) is 24.7. The highest BCUT2D eigenvalue weighted by Crippen LogP contribution is 2.32. The van der Waals surface area contributed by atoms with Gasteiger partial charge >= 0.3 is 5.97 Å². The van der Waals surface area contributed by atoms with Crippen LogP contribution < -0.4 is 10.2 Å². The van der Waals surface area contributed by atoms with E-state index in [2.05, 4.69) is 6.58 Å². The molecule has 0 aliphatic rings. The Morgan fingerprint density at radius 2 is 2.03 bits per heavy atom. The minimum atomic E-state index is -1.37. The van der Waals surface area contributed by atoms with E-state index in [1.807, 2.05) is 13.8 Å². The molecule has 0 saturated carbocycles. The molecule has 0 spiro atoms. The van der Waals surface area contributed by atoms with Gasteiger partial charge in [-0.25, -0.2) is 9.18 Å². The Morgan fingerprint density at radius 1 is 1.38 bits per heavy atom. The first kappa shape index (κ1) is 25.4. The zero-order chi connectivity index (χ0) is 24.2. The number of methoxy groups -OCH3 is 1. The average molecular weight is 464 g/mol. The second-order valence-corrected chi connectivity index (χ2v) is 8.14. The fraction of sp³-hybridized carbons (Fsp3) is 0.333. The van der Waals surface area contributed by atoms with Gasteiger partial charge < -0.3 is 19.5 Å². The molecule has 2 aromatic rings. The smallest absolute Gasteiger partial charge is 0.341 e. The molecule has 0 radical (unpaired) electrons. The highest BCUT2D eigenvalue weighted by Gasteiger charge is 2.23. The maximum atomic E-state index is 14.6. The maximum absolute atomic E-state index is 14.6. The summed E-state index contributed by atoms with van der Waals surface area (Å²) in [6.07, 6.45) is 4.46. The number of ether oxygens (including phenoxy) is 1. The van der Waals surface area contributed by atoms with Crippen LogP contribution in [0.2, 0.25) is 0 Å². The number of carboxylic acids is 1. The minimum Gasteiger partial charge on any atom is -0.496 e. The van der Waals surface area contributed by atoms with Crippen LogP contribution in [0, 0.1) is 5.92 Å². The number of benzene rings is 1. The Morgan fingerprint density at radius 3 is 2.50 bits per heavy atom. The number of aromatic nitrogens is 1. The molecule has 0 aliphatic carbocycles. The Kier molecular flexibility index (Phi) is 8.41. The number of carboxylic acid groups (broad SMARTS) is 1. The third-order valence-electron chi connectivity index (χ3n) is 5.25. The van der Waals surface area contributed by atoms with Crippen molar-refractivity contribution in [2.24, 2.45) is 5.92 Å². The Labute approximate surface area is 190 Å². The van der Waals surface area contributed by atoms with Crippen molar-refractivity contribution in [1.29, 1.82) is 0 Å². The van der Waals surface area contributed by atoms with Gasteiger partial charge in [0.25, 0.3) is 0 Å². The summed E-state index contributed by atoms with van der Waals surface area (Å²) in [5.41, 5.74) is 0.0176. The highest BCUT2D eigenvalue weighted by molar-refractivity contribution is 6.31. The number of aliphatic hydroxyl groups is 1. The second-order valence-electron chi connectivity index (χ2n) is 7.68. The van der Waals surface area contributed by atoms with Crippen molar-refractivity contribution in [3.63, 3.8) is 0 Å². The van der Waals surface area contributed by atoms with E-state index >= 15 is 0 Å². The predicted octanol–water partition coefficient (Wildman–Crippen LogP) is 4.99. The first-order valence-corrected chi connectivity index (χ1v) is 10.4. The van der Waals surface area contributed by atoms with Crippen molar-refractivity contribution < 1.29 is 24.1 Å². The molecule has 0 aliphatic heterocycles. The number of aliphatic hydroxyl groups excluding tert-OH is 1. The third kappa shape index (κ3) is 5.11. The van der Waals surface area contributed by atoms with Gasteiger partial charge in [0.05, 0.1) is 30.3 Å². The van der Waals surface area contributed by atoms with Crippen molar-refractivity contribution in [2.75, 3.05) is 13.7 Å². The van der Waals surface area contributed by atoms with Crippen LogP contribution in [0.25, 0.3) is 10.9 Å². The molecule has 1 aromatic heterocycles. The van der Waals surface area contributed by atoms with Gasteiger partial charge in [0.2, 0.25) is 5.43 Å². The quantitative estimate of drug-likeness (QED) is 0.511. The Bertz CT molecular complexity index is 1160. The molecule has 6 nitrogen and oxygen atoms in total. The van der Waals surface area contributed by atoms with E-state index in [0.717, 1.165) is 0 Å². The SMILES string of the molecule is C=C(Cl)C(F)=C(C=CC)Cc1cc2c(=O)c(C(=O)O)cn(C(CO)C(C)C)c2cc1OC. The van der Waals surface area contributed by atoms with Crippen LogP contribution >= 0.6 is 11.6 Å². The number of pyridine rings is 1. The molecule has 8 heteroatoms. The number of aromatic carboxylic acids is 1. The van der Waals surface area contributed by atoms with Crippen LogP contribution in [-0.4, -0.2) is 34.5 Å². The molecule has 2 rings (SSSR count). The molecule has 2 N–H and O–H groups in total. The van der Waals surface area contributed by atoms with E-state index in [-0.39, 0.29) is 34.9 Å². The monoisotopic (exact) mass is 463 g/mol. The van der Waals surface area contributed by atoms with E-state index < -0.39 is 28.8 Å². The average Bonchev–Trinajstić information content (AvgIpc) is 2.74. The van der Waals surface area contributed by atoms with Crippen molar-refractivity contribution in [2.45, 2.75) is 33.2 Å². The topological polar surface area (TPSA) is 88.8 Å². The lowest BCUT2D eigenvalue weighted by molar-refractivity contribution is 0.0694. The number of nitrogens with zero attached hydrogens (tertiary/aromatic N) is 1. The fourth-order valence-electron chi connectivity index (χ4n) is 3.59. The van der Waals surface area contributed by atoms with E-state index in [0.29, 0.717) is 16.8 Å². The number of allylic oxidation sites excluding steroid dienone is 5. The van der Waals surface area contributed by atoms with Crippen LogP contribution in [0.4, 0.5) is 4.39 Å². The highest BCUT2D eigenvalue weighted by atomic mass is 35.5. The summed E-state index contributed by atoms with van der Waals surface area (Å²) >= 11 is 5.74. The van der Waals surface area contributed by atoms with Crippen LogP contribution in [0.1, 0.15) is 42.7 Å². The lowest BCUT2D eigenvalue weighted by Crippen LogP contribution is -2.25. The van der Waals surface area contributed by atoms with E-state index in [9.17, 15) is 24.2 Å². The Balaban J connectivity index is 2.91. The molecule has 0 amide bonds. The first-order chi connectivity index (χ1) is 15.1. The number of hydrogen-bond acceptors (Lipinski definition) is 4. The van der Waals surface area contributed by atoms with Gasteiger partial charge in [-0.1, -0.05) is 44.2 Å². The van der Waals surface area contributed by atoms with Gasteiger partial charge in [-0.2, -0.15) is 0 Å². The molecule has 1 aromatic carbocycles. The van der Waals surface area contributed by atoms with Crippen molar-refractivity contribution >= 4 is 28.5 Å². The largest absolute Gasteiger partial charge is 0.496 e. The molecular weight excluding hydrogens is 437 g/mol. The number of hydrogen-bond donors (Lipinski definition) is 2. The van der Waals surface area contributed by atoms with Gasteiger partial charge in [-0.05, 0) is 30.0 Å². The summed E-state index contributed by atoms with van der Waals surface area (Å²) < 4.78 is 21.6. The summed E-state index contributed by atoms with van der Waals surface area (Å²) in [6, 6.07) is 2.63. The van der Waals surface area contributed by atoms with Gasteiger partial charge in [0.1, 0.15) is 17.1 Å². The van der Waals surface area contributed by atoms with Crippen molar-refractivity contribution in [3.05, 3.63) is 74.8 Å². The second kappa shape index (κ2) is 10.6. The summed E-state index contributed by atoms with van der Waals surface area (Å²) in [5.74, 6) is -1.73. The summed E-state index contributed by atoms with van der Waals surface area (Å²) in [5, 5.41) is 19.4. The van der Waals surface area contributed by atoms with Gasteiger partial charge in [0.15, 0.2) is 0 Å². The molecule has 1 unspecified atom stereocenters. The van der Waals surface area contributed by atoms with Gasteiger partial charge in [-0.3, -0.25) is 4.79 Å². The van der Waals surface area contributed by atoms with Crippen LogP contribution in [0.15, 0.2) is 58.3 Å². The number of halogens is 2. The van der Waals surface area contributed by atoms with Gasteiger partial charge in [-0.15, -0.1) is 0 Å². The fourth-order valence-corrected chi connectivity index (χ4v) is 3.71. The maximum Gasteiger partial charge on any atom is 0.341 e. The number of fused-ring (bicyclic) bond motifs is 1. The summed E-state index contributed by atoms with van der Waals surface area (Å²) in [7, 11) is 1.45. The molecule has 0 fully saturated rings.